The van der Waals surface area contributed by atoms with E-state index in [0.29, 0.717) is 29.2 Å². The number of rotatable bonds is 6. The number of ether oxygens (including phenoxy) is 1. The fourth-order valence-corrected chi connectivity index (χ4v) is 3.54. The number of fused-ring (bicyclic) bond motifs is 1. The lowest BCUT2D eigenvalue weighted by Crippen LogP contribution is -2.27. The molecule has 2 aromatic rings. The van der Waals surface area contributed by atoms with Gasteiger partial charge < -0.3 is 4.74 Å². The summed E-state index contributed by atoms with van der Waals surface area (Å²) >= 11 is 0. The maximum Gasteiger partial charge on any atom is 0.241 e. The molecule has 21 heavy (non-hydrogen) atoms. The van der Waals surface area contributed by atoms with Gasteiger partial charge in [-0.2, -0.15) is 0 Å². The molecule has 0 atom stereocenters. The molecule has 0 unspecified atom stereocenters. The van der Waals surface area contributed by atoms with E-state index in [0.717, 1.165) is 5.39 Å². The van der Waals surface area contributed by atoms with Crippen LogP contribution in [0, 0.1) is 5.92 Å². The second-order valence-electron chi connectivity index (χ2n) is 5.29. The predicted octanol–water partition coefficient (Wildman–Crippen LogP) is 3.17. The Balaban J connectivity index is 2.53. The quantitative estimate of drug-likeness (QED) is 0.892. The Hall–Kier alpha value is -1.59. The molecule has 0 heterocycles. The minimum absolute atomic E-state index is 0.258. The zero-order valence-corrected chi connectivity index (χ0v) is 13.4. The Bertz CT molecular complexity index is 723. The van der Waals surface area contributed by atoms with Crippen LogP contribution in [0.5, 0.6) is 5.75 Å². The van der Waals surface area contributed by atoms with Crippen molar-refractivity contribution in [3.05, 3.63) is 36.4 Å². The topological polar surface area (TPSA) is 55.4 Å². The van der Waals surface area contributed by atoms with Crippen molar-refractivity contribution >= 4 is 20.8 Å². The summed E-state index contributed by atoms with van der Waals surface area (Å²) in [5, 5.41) is 1.49. The molecule has 0 aliphatic heterocycles. The monoisotopic (exact) mass is 307 g/mol. The second kappa shape index (κ2) is 6.45. The minimum Gasteiger partial charge on any atom is -0.493 e. The smallest absolute Gasteiger partial charge is 0.241 e. The highest BCUT2D eigenvalue weighted by atomic mass is 32.2. The molecule has 0 aliphatic rings. The van der Waals surface area contributed by atoms with Crippen LogP contribution in [0.1, 0.15) is 20.8 Å². The van der Waals surface area contributed by atoms with Crippen LogP contribution in [0.3, 0.4) is 0 Å². The number of hydrogen-bond donors (Lipinski definition) is 1. The van der Waals surface area contributed by atoms with Crippen LogP contribution in [0.15, 0.2) is 41.3 Å². The first-order valence-corrected chi connectivity index (χ1v) is 8.58. The van der Waals surface area contributed by atoms with Crippen LogP contribution >= 0.6 is 0 Å². The number of hydrogen-bond acceptors (Lipinski definition) is 3. The molecule has 0 radical (unpaired) electrons. The summed E-state index contributed by atoms with van der Waals surface area (Å²) in [6.07, 6.45) is 0. The molecule has 2 rings (SSSR count). The average Bonchev–Trinajstić information content (AvgIpc) is 2.46. The van der Waals surface area contributed by atoms with E-state index < -0.39 is 10.0 Å². The summed E-state index contributed by atoms with van der Waals surface area (Å²) in [7, 11) is -3.52. The number of nitrogens with one attached hydrogen (secondary N) is 1. The highest BCUT2D eigenvalue weighted by molar-refractivity contribution is 7.89. The largest absolute Gasteiger partial charge is 0.493 e. The van der Waals surface area contributed by atoms with E-state index in [1.807, 2.05) is 45.0 Å². The van der Waals surface area contributed by atoms with Crippen LogP contribution in [0.2, 0.25) is 0 Å². The summed E-state index contributed by atoms with van der Waals surface area (Å²) < 4.78 is 33.2. The van der Waals surface area contributed by atoms with Gasteiger partial charge in [-0.1, -0.05) is 38.1 Å². The number of sulfonamides is 1. The molecule has 1 N–H and O–H groups in total. The molecular formula is C16H21NO3S. The third-order valence-electron chi connectivity index (χ3n) is 3.12. The SMILES string of the molecule is CCOc1ccc(S(=O)(=O)NCC(C)C)c2ccccc12. The molecule has 2 aromatic carbocycles. The minimum atomic E-state index is -3.52. The van der Waals surface area contributed by atoms with Crippen molar-refractivity contribution in [2.75, 3.05) is 13.2 Å². The van der Waals surface area contributed by atoms with E-state index in [4.69, 9.17) is 4.74 Å². The molecule has 0 amide bonds. The van der Waals surface area contributed by atoms with Gasteiger partial charge in [0.1, 0.15) is 5.75 Å². The lowest BCUT2D eigenvalue weighted by molar-refractivity contribution is 0.344. The van der Waals surface area contributed by atoms with Crippen molar-refractivity contribution < 1.29 is 13.2 Å². The highest BCUT2D eigenvalue weighted by Crippen LogP contribution is 2.31. The molecule has 0 saturated carbocycles. The van der Waals surface area contributed by atoms with Gasteiger partial charge in [0.05, 0.1) is 11.5 Å². The van der Waals surface area contributed by atoms with Gasteiger partial charge in [-0.3, -0.25) is 0 Å². The Morgan fingerprint density at radius 3 is 2.38 bits per heavy atom. The van der Waals surface area contributed by atoms with Crippen LogP contribution < -0.4 is 9.46 Å². The second-order valence-corrected chi connectivity index (χ2v) is 7.02. The van der Waals surface area contributed by atoms with Crippen molar-refractivity contribution in [1.29, 1.82) is 0 Å². The molecule has 0 spiro atoms. The van der Waals surface area contributed by atoms with Gasteiger partial charge >= 0.3 is 0 Å². The molecule has 0 bridgehead atoms. The summed E-state index contributed by atoms with van der Waals surface area (Å²) in [6, 6.07) is 10.7. The van der Waals surface area contributed by atoms with Crippen molar-refractivity contribution in [3.63, 3.8) is 0 Å². The van der Waals surface area contributed by atoms with Crippen LogP contribution in [0.4, 0.5) is 0 Å². The fraction of sp³-hybridized carbons (Fsp3) is 0.375. The molecule has 5 heteroatoms. The standard InChI is InChI=1S/C16H21NO3S/c1-4-20-15-9-10-16(14-8-6-5-7-13(14)15)21(18,19)17-11-12(2)3/h5-10,12,17H,4,11H2,1-3H3. The highest BCUT2D eigenvalue weighted by Gasteiger charge is 2.18. The summed E-state index contributed by atoms with van der Waals surface area (Å²) in [4.78, 5) is 0.294. The zero-order chi connectivity index (χ0) is 15.5. The molecule has 0 aliphatic carbocycles. The van der Waals surface area contributed by atoms with E-state index >= 15 is 0 Å². The van der Waals surface area contributed by atoms with E-state index in [1.54, 1.807) is 12.1 Å². The van der Waals surface area contributed by atoms with E-state index in [1.165, 1.54) is 0 Å². The first-order valence-electron chi connectivity index (χ1n) is 7.10. The molecule has 0 saturated heterocycles. The Morgan fingerprint density at radius 1 is 1.10 bits per heavy atom. The summed E-state index contributed by atoms with van der Waals surface area (Å²) in [6.45, 7) is 6.81. The van der Waals surface area contributed by atoms with Gasteiger partial charge in [0.25, 0.3) is 0 Å². The van der Waals surface area contributed by atoms with Crippen LogP contribution in [-0.4, -0.2) is 21.6 Å². The molecule has 0 aromatic heterocycles. The van der Waals surface area contributed by atoms with Crippen molar-refractivity contribution in [3.8, 4) is 5.75 Å². The normalized spacial score (nSPS) is 12.0. The third-order valence-corrected chi connectivity index (χ3v) is 4.60. The van der Waals surface area contributed by atoms with Crippen LogP contribution in [-0.2, 0) is 10.0 Å². The first-order chi connectivity index (χ1) is 9.95. The Kier molecular flexibility index (Phi) is 4.85. The molecular weight excluding hydrogens is 286 g/mol. The molecule has 4 nitrogen and oxygen atoms in total. The Labute approximate surface area is 126 Å². The van der Waals surface area contributed by atoms with Gasteiger partial charge in [-0.15, -0.1) is 0 Å². The van der Waals surface area contributed by atoms with Crippen LogP contribution in [0.25, 0.3) is 10.8 Å². The van der Waals surface area contributed by atoms with Gasteiger partial charge in [0.15, 0.2) is 0 Å². The predicted molar refractivity (Wildman–Crippen MR) is 85.1 cm³/mol. The molecule has 0 fully saturated rings. The summed E-state index contributed by atoms with van der Waals surface area (Å²) in [5.41, 5.74) is 0. The van der Waals surface area contributed by atoms with E-state index in [2.05, 4.69) is 4.72 Å². The zero-order valence-electron chi connectivity index (χ0n) is 12.6. The maximum absolute atomic E-state index is 12.5. The van der Waals surface area contributed by atoms with Crippen molar-refractivity contribution in [2.45, 2.75) is 25.7 Å². The maximum atomic E-state index is 12.5. The van der Waals surface area contributed by atoms with Crippen molar-refractivity contribution in [1.82, 2.24) is 4.72 Å². The lowest BCUT2D eigenvalue weighted by atomic mass is 10.1. The molecule has 114 valence electrons. The van der Waals surface area contributed by atoms with E-state index in [9.17, 15) is 8.42 Å². The van der Waals surface area contributed by atoms with Gasteiger partial charge in [0.2, 0.25) is 10.0 Å². The Morgan fingerprint density at radius 2 is 1.76 bits per heavy atom. The third kappa shape index (κ3) is 3.54. The van der Waals surface area contributed by atoms with Crippen molar-refractivity contribution in [2.24, 2.45) is 5.92 Å². The van der Waals surface area contributed by atoms with Gasteiger partial charge in [-0.05, 0) is 25.0 Å². The summed E-state index contributed by atoms with van der Waals surface area (Å²) in [5.74, 6) is 0.963. The first kappa shape index (κ1) is 15.8. The average molecular weight is 307 g/mol. The lowest BCUT2D eigenvalue weighted by Gasteiger charge is -2.13. The van der Waals surface area contributed by atoms with Gasteiger partial charge in [0, 0.05) is 17.3 Å². The number of benzene rings is 2. The fourth-order valence-electron chi connectivity index (χ4n) is 2.11. The van der Waals surface area contributed by atoms with E-state index in [-0.39, 0.29) is 5.92 Å². The van der Waals surface area contributed by atoms with Gasteiger partial charge in [-0.25, -0.2) is 13.1 Å².